The van der Waals surface area contributed by atoms with Crippen molar-refractivity contribution < 1.29 is 4.74 Å². The topological polar surface area (TPSA) is 21.3 Å². The highest BCUT2D eigenvalue weighted by Crippen LogP contribution is 2.27. The highest BCUT2D eigenvalue weighted by molar-refractivity contribution is 5.18. The summed E-state index contributed by atoms with van der Waals surface area (Å²) in [5.74, 6) is 0. The van der Waals surface area contributed by atoms with E-state index in [2.05, 4.69) is 29.6 Å². The van der Waals surface area contributed by atoms with Crippen molar-refractivity contribution in [3.8, 4) is 0 Å². The van der Waals surface area contributed by atoms with Crippen LogP contribution in [0.15, 0.2) is 30.3 Å². The normalized spacial score (nSPS) is 27.5. The molecular weight excluding hydrogens is 174 g/mol. The minimum Gasteiger partial charge on any atom is -0.373 e. The van der Waals surface area contributed by atoms with Gasteiger partial charge in [0.1, 0.15) is 0 Å². The Morgan fingerprint density at radius 2 is 2.07 bits per heavy atom. The number of hydrogen-bond acceptors (Lipinski definition) is 2. The maximum absolute atomic E-state index is 5.76. The first-order chi connectivity index (χ1) is 6.90. The second-order valence-corrected chi connectivity index (χ2v) is 3.78. The largest absolute Gasteiger partial charge is 0.373 e. The molecule has 1 aromatic rings. The summed E-state index contributed by atoms with van der Waals surface area (Å²) in [6, 6.07) is 11.1. The molecule has 0 aromatic heterocycles. The molecule has 0 saturated carbocycles. The maximum atomic E-state index is 5.76. The van der Waals surface area contributed by atoms with Crippen molar-refractivity contribution in [1.29, 1.82) is 0 Å². The molecule has 2 rings (SSSR count). The fourth-order valence-corrected chi connectivity index (χ4v) is 1.96. The van der Waals surface area contributed by atoms with Crippen LogP contribution in [0, 0.1) is 0 Å². The molecule has 0 spiro atoms. The third-order valence-corrected chi connectivity index (χ3v) is 2.86. The quantitative estimate of drug-likeness (QED) is 0.773. The van der Waals surface area contributed by atoms with Crippen LogP contribution in [0.3, 0.4) is 0 Å². The predicted molar refractivity (Wildman–Crippen MR) is 57.2 cm³/mol. The summed E-state index contributed by atoms with van der Waals surface area (Å²) in [6.07, 6.45) is 2.49. The molecule has 1 aliphatic rings. The van der Waals surface area contributed by atoms with Crippen LogP contribution in [-0.4, -0.2) is 19.7 Å². The molecule has 1 N–H and O–H groups in total. The zero-order valence-corrected chi connectivity index (χ0v) is 8.57. The van der Waals surface area contributed by atoms with Gasteiger partial charge in [-0.15, -0.1) is 0 Å². The molecule has 0 aliphatic carbocycles. The number of hydrogen-bond donors (Lipinski definition) is 1. The molecule has 2 nitrogen and oxygen atoms in total. The summed E-state index contributed by atoms with van der Waals surface area (Å²) < 4.78 is 5.76. The molecule has 0 amide bonds. The van der Waals surface area contributed by atoms with Gasteiger partial charge in [-0.3, -0.25) is 0 Å². The van der Waals surface area contributed by atoms with Crippen LogP contribution in [0.2, 0.25) is 0 Å². The van der Waals surface area contributed by atoms with Gasteiger partial charge in [-0.1, -0.05) is 30.3 Å². The van der Waals surface area contributed by atoms with Crippen molar-refractivity contribution in [2.24, 2.45) is 0 Å². The van der Waals surface area contributed by atoms with Gasteiger partial charge < -0.3 is 10.1 Å². The van der Waals surface area contributed by atoms with E-state index in [-0.39, 0.29) is 6.10 Å². The van der Waals surface area contributed by atoms with E-state index in [1.165, 1.54) is 5.56 Å². The van der Waals surface area contributed by atoms with Crippen LogP contribution >= 0.6 is 0 Å². The standard InChI is InChI=1S/C12H17NO/c1-13-11-7-8-14-12(9-11)10-5-3-2-4-6-10/h2-6,11-13H,7-9H2,1H3. The number of ether oxygens (including phenoxy) is 1. The van der Waals surface area contributed by atoms with Crippen molar-refractivity contribution in [3.05, 3.63) is 35.9 Å². The molecule has 1 fully saturated rings. The highest BCUT2D eigenvalue weighted by atomic mass is 16.5. The number of benzene rings is 1. The van der Waals surface area contributed by atoms with Gasteiger partial charge in [0, 0.05) is 12.6 Å². The summed E-state index contributed by atoms with van der Waals surface area (Å²) in [5.41, 5.74) is 1.30. The summed E-state index contributed by atoms with van der Waals surface area (Å²) >= 11 is 0. The lowest BCUT2D eigenvalue weighted by molar-refractivity contribution is 0.00155. The summed E-state index contributed by atoms with van der Waals surface area (Å²) in [5, 5.41) is 3.32. The molecule has 1 aromatic carbocycles. The van der Waals surface area contributed by atoms with Crippen LogP contribution in [-0.2, 0) is 4.74 Å². The second kappa shape index (κ2) is 4.58. The lowest BCUT2D eigenvalue weighted by Gasteiger charge is -2.29. The smallest absolute Gasteiger partial charge is 0.0839 e. The Labute approximate surface area is 85.3 Å². The first kappa shape index (κ1) is 9.69. The Balaban J connectivity index is 2.04. The zero-order valence-electron chi connectivity index (χ0n) is 8.57. The van der Waals surface area contributed by atoms with E-state index in [0.717, 1.165) is 19.4 Å². The van der Waals surface area contributed by atoms with Crippen LogP contribution in [0.1, 0.15) is 24.5 Å². The van der Waals surface area contributed by atoms with Crippen molar-refractivity contribution in [1.82, 2.24) is 5.32 Å². The summed E-state index contributed by atoms with van der Waals surface area (Å²) in [7, 11) is 2.03. The fraction of sp³-hybridized carbons (Fsp3) is 0.500. The summed E-state index contributed by atoms with van der Waals surface area (Å²) in [4.78, 5) is 0. The molecule has 2 atom stereocenters. The molecule has 1 heterocycles. The van der Waals surface area contributed by atoms with Gasteiger partial charge in [0.25, 0.3) is 0 Å². The van der Waals surface area contributed by atoms with Crippen molar-refractivity contribution >= 4 is 0 Å². The Kier molecular flexibility index (Phi) is 3.17. The van der Waals surface area contributed by atoms with E-state index in [0.29, 0.717) is 6.04 Å². The van der Waals surface area contributed by atoms with E-state index < -0.39 is 0 Å². The molecule has 1 aliphatic heterocycles. The molecule has 0 bridgehead atoms. The average molecular weight is 191 g/mol. The van der Waals surface area contributed by atoms with Gasteiger partial charge in [-0.2, -0.15) is 0 Å². The monoisotopic (exact) mass is 191 g/mol. The third kappa shape index (κ3) is 2.14. The molecule has 0 radical (unpaired) electrons. The van der Waals surface area contributed by atoms with E-state index in [1.54, 1.807) is 0 Å². The Hall–Kier alpha value is -0.860. The van der Waals surface area contributed by atoms with Crippen molar-refractivity contribution in [2.75, 3.05) is 13.7 Å². The van der Waals surface area contributed by atoms with E-state index in [1.807, 2.05) is 13.1 Å². The Bertz CT molecular complexity index is 273. The van der Waals surface area contributed by atoms with Crippen LogP contribution in [0.5, 0.6) is 0 Å². The maximum Gasteiger partial charge on any atom is 0.0839 e. The van der Waals surface area contributed by atoms with Crippen LogP contribution in [0.4, 0.5) is 0 Å². The molecule has 14 heavy (non-hydrogen) atoms. The first-order valence-electron chi connectivity index (χ1n) is 5.24. The lowest BCUT2D eigenvalue weighted by atomic mass is 9.98. The van der Waals surface area contributed by atoms with E-state index >= 15 is 0 Å². The Morgan fingerprint density at radius 1 is 1.29 bits per heavy atom. The lowest BCUT2D eigenvalue weighted by Crippen LogP contribution is -2.33. The van der Waals surface area contributed by atoms with E-state index in [4.69, 9.17) is 4.74 Å². The average Bonchev–Trinajstić information content (AvgIpc) is 2.30. The van der Waals surface area contributed by atoms with Crippen molar-refractivity contribution in [2.45, 2.75) is 25.0 Å². The highest BCUT2D eigenvalue weighted by Gasteiger charge is 2.22. The SMILES string of the molecule is CNC1CCOC(c2ccccc2)C1. The van der Waals surface area contributed by atoms with Gasteiger partial charge >= 0.3 is 0 Å². The minimum atomic E-state index is 0.280. The molecular formula is C12H17NO. The molecule has 1 saturated heterocycles. The number of rotatable bonds is 2. The fourth-order valence-electron chi connectivity index (χ4n) is 1.96. The predicted octanol–water partition coefficient (Wildman–Crippen LogP) is 2.13. The minimum absolute atomic E-state index is 0.280. The second-order valence-electron chi connectivity index (χ2n) is 3.78. The van der Waals surface area contributed by atoms with Gasteiger partial charge in [0.2, 0.25) is 0 Å². The Morgan fingerprint density at radius 3 is 2.79 bits per heavy atom. The number of nitrogens with one attached hydrogen (secondary N) is 1. The van der Waals surface area contributed by atoms with Gasteiger partial charge in [0.05, 0.1) is 6.10 Å². The van der Waals surface area contributed by atoms with E-state index in [9.17, 15) is 0 Å². The van der Waals surface area contributed by atoms with Crippen LogP contribution in [0.25, 0.3) is 0 Å². The van der Waals surface area contributed by atoms with Gasteiger partial charge in [-0.25, -0.2) is 0 Å². The molecule has 2 unspecified atom stereocenters. The summed E-state index contributed by atoms with van der Waals surface area (Å²) in [6.45, 7) is 0.866. The van der Waals surface area contributed by atoms with Gasteiger partial charge in [-0.05, 0) is 25.5 Å². The molecule has 2 heteroatoms. The first-order valence-corrected chi connectivity index (χ1v) is 5.24. The van der Waals surface area contributed by atoms with Crippen LogP contribution < -0.4 is 5.32 Å². The third-order valence-electron chi connectivity index (χ3n) is 2.86. The zero-order chi connectivity index (χ0) is 9.80. The van der Waals surface area contributed by atoms with Gasteiger partial charge in [0.15, 0.2) is 0 Å². The molecule has 76 valence electrons. The van der Waals surface area contributed by atoms with Crippen molar-refractivity contribution in [3.63, 3.8) is 0 Å².